The molecule has 1 amide bonds. The number of ether oxygens (including phenoxy) is 2. The van der Waals surface area contributed by atoms with Gasteiger partial charge < -0.3 is 14.8 Å². The van der Waals surface area contributed by atoms with E-state index in [1.54, 1.807) is 62.2 Å². The van der Waals surface area contributed by atoms with Crippen molar-refractivity contribution in [2.24, 2.45) is 0 Å². The molecule has 0 aliphatic rings. The van der Waals surface area contributed by atoms with Gasteiger partial charge in [-0.1, -0.05) is 17.3 Å². The summed E-state index contributed by atoms with van der Waals surface area (Å²) < 4.78 is 12.6. The van der Waals surface area contributed by atoms with Crippen LogP contribution in [0.25, 0.3) is 5.82 Å². The maximum atomic E-state index is 12.7. The Morgan fingerprint density at radius 1 is 1.13 bits per heavy atom. The van der Waals surface area contributed by atoms with E-state index >= 15 is 0 Å². The zero-order chi connectivity index (χ0) is 21.6. The highest BCUT2D eigenvalue weighted by Crippen LogP contribution is 2.27. The largest absolute Gasteiger partial charge is 0.481 e. The van der Waals surface area contributed by atoms with Crippen molar-refractivity contribution in [2.75, 3.05) is 7.11 Å². The highest BCUT2D eigenvalue weighted by atomic mass is 16.5. The molecule has 156 valence electrons. The summed E-state index contributed by atoms with van der Waals surface area (Å²) in [5.41, 5.74) is 2.13. The molecule has 1 N–H and O–H groups in total. The summed E-state index contributed by atoms with van der Waals surface area (Å²) >= 11 is 0. The summed E-state index contributed by atoms with van der Waals surface area (Å²) in [5.74, 6) is 2.06. The number of benzene rings is 1. The number of nitrogens with one attached hydrogen (secondary N) is 1. The van der Waals surface area contributed by atoms with E-state index in [1.165, 1.54) is 4.68 Å². The summed E-state index contributed by atoms with van der Waals surface area (Å²) in [6.45, 7) is 2.20. The van der Waals surface area contributed by atoms with Gasteiger partial charge in [-0.3, -0.25) is 4.79 Å². The van der Waals surface area contributed by atoms with Crippen LogP contribution in [0.3, 0.4) is 0 Å². The molecule has 4 rings (SSSR count). The number of nitrogens with zero attached hydrogens (tertiary/aromatic N) is 5. The molecule has 9 heteroatoms. The van der Waals surface area contributed by atoms with E-state index in [4.69, 9.17) is 9.47 Å². The molecule has 3 heterocycles. The van der Waals surface area contributed by atoms with Gasteiger partial charge in [-0.25, -0.2) is 14.6 Å². The van der Waals surface area contributed by atoms with E-state index in [-0.39, 0.29) is 5.91 Å². The predicted octanol–water partition coefficient (Wildman–Crippen LogP) is 3.10. The molecule has 0 spiro atoms. The second kappa shape index (κ2) is 9.04. The lowest BCUT2D eigenvalue weighted by Crippen LogP contribution is -2.23. The smallest absolute Gasteiger partial charge is 0.251 e. The van der Waals surface area contributed by atoms with E-state index in [0.29, 0.717) is 35.3 Å². The van der Waals surface area contributed by atoms with Gasteiger partial charge in [-0.15, -0.1) is 5.10 Å². The zero-order valence-corrected chi connectivity index (χ0v) is 17.0. The monoisotopic (exact) mass is 416 g/mol. The molecule has 4 aromatic rings. The van der Waals surface area contributed by atoms with E-state index in [2.05, 4.69) is 25.6 Å². The summed E-state index contributed by atoms with van der Waals surface area (Å²) in [6, 6.07) is 12.5. The first-order chi connectivity index (χ1) is 15.1. The van der Waals surface area contributed by atoms with Crippen LogP contribution in [-0.4, -0.2) is 38.0 Å². The third-order valence-corrected chi connectivity index (χ3v) is 4.59. The Morgan fingerprint density at radius 2 is 2.03 bits per heavy atom. The van der Waals surface area contributed by atoms with Gasteiger partial charge in [-0.05, 0) is 30.7 Å². The fourth-order valence-corrected chi connectivity index (χ4v) is 2.93. The molecule has 0 aliphatic carbocycles. The number of amides is 1. The molecule has 1 aromatic carbocycles. The van der Waals surface area contributed by atoms with Crippen LogP contribution in [0.1, 0.15) is 21.5 Å². The lowest BCUT2D eigenvalue weighted by atomic mass is 10.1. The number of aromatic nitrogens is 5. The highest BCUT2D eigenvalue weighted by molar-refractivity contribution is 5.96. The van der Waals surface area contributed by atoms with Gasteiger partial charge in [0.15, 0.2) is 5.82 Å². The number of methoxy groups -OCH3 is 1. The first kappa shape index (κ1) is 20.0. The van der Waals surface area contributed by atoms with Gasteiger partial charge in [0.1, 0.15) is 11.5 Å². The Balaban J connectivity index is 1.47. The minimum atomic E-state index is -0.197. The Hall–Kier alpha value is -4.27. The minimum Gasteiger partial charge on any atom is -0.481 e. The van der Waals surface area contributed by atoms with Crippen molar-refractivity contribution in [3.8, 4) is 23.2 Å². The van der Waals surface area contributed by atoms with Gasteiger partial charge in [0.25, 0.3) is 5.91 Å². The van der Waals surface area contributed by atoms with Crippen molar-refractivity contribution in [3.63, 3.8) is 0 Å². The molecule has 31 heavy (non-hydrogen) atoms. The van der Waals surface area contributed by atoms with Crippen molar-refractivity contribution in [3.05, 3.63) is 83.9 Å². The predicted molar refractivity (Wildman–Crippen MR) is 112 cm³/mol. The topological polar surface area (TPSA) is 104 Å². The Bertz CT molecular complexity index is 1180. The minimum absolute atomic E-state index is 0.197. The standard InChI is InChI=1S/C22H20N6O3/c1-15-18(22(29)25-14-16-6-7-21(30-2)24-13-16)4-3-5-19(15)31-17-8-9-23-20(12-17)28-11-10-26-27-28/h3-13H,14H2,1-2H3,(H,25,29). The molecule has 0 bridgehead atoms. The normalized spacial score (nSPS) is 10.5. The molecule has 0 radical (unpaired) electrons. The maximum Gasteiger partial charge on any atom is 0.251 e. The summed E-state index contributed by atoms with van der Waals surface area (Å²) in [5, 5.41) is 10.6. The van der Waals surface area contributed by atoms with Crippen molar-refractivity contribution in [1.82, 2.24) is 30.3 Å². The SMILES string of the molecule is COc1ccc(CNC(=O)c2cccc(Oc3ccnc(-n4ccnn4)c3)c2C)cn1. The molecule has 3 aromatic heterocycles. The van der Waals surface area contributed by atoms with Crippen molar-refractivity contribution < 1.29 is 14.3 Å². The van der Waals surface area contributed by atoms with E-state index < -0.39 is 0 Å². The Kier molecular flexibility index (Phi) is 5.84. The van der Waals surface area contributed by atoms with Crippen LogP contribution in [-0.2, 0) is 6.54 Å². The molecule has 0 aliphatic heterocycles. The van der Waals surface area contributed by atoms with Crippen LogP contribution >= 0.6 is 0 Å². The van der Waals surface area contributed by atoms with Crippen LogP contribution in [0.5, 0.6) is 17.4 Å². The molecule has 0 fully saturated rings. The van der Waals surface area contributed by atoms with Gasteiger partial charge in [-0.2, -0.15) is 0 Å². The van der Waals surface area contributed by atoms with Crippen LogP contribution in [0.4, 0.5) is 0 Å². The Morgan fingerprint density at radius 3 is 2.77 bits per heavy atom. The molecule has 0 saturated heterocycles. The van der Waals surface area contributed by atoms with Gasteiger partial charge in [0.05, 0.1) is 19.5 Å². The highest BCUT2D eigenvalue weighted by Gasteiger charge is 2.13. The molecular weight excluding hydrogens is 396 g/mol. The average Bonchev–Trinajstić information content (AvgIpc) is 3.34. The summed E-state index contributed by atoms with van der Waals surface area (Å²) in [6.07, 6.45) is 6.56. The first-order valence-corrected chi connectivity index (χ1v) is 9.51. The van der Waals surface area contributed by atoms with E-state index in [0.717, 1.165) is 11.1 Å². The zero-order valence-electron chi connectivity index (χ0n) is 17.0. The molecule has 0 atom stereocenters. The van der Waals surface area contributed by atoms with Gasteiger partial charge in [0, 0.05) is 42.2 Å². The molecule has 0 saturated carbocycles. The Labute approximate surface area is 178 Å². The lowest BCUT2D eigenvalue weighted by molar-refractivity contribution is 0.0950. The van der Waals surface area contributed by atoms with Crippen molar-refractivity contribution in [1.29, 1.82) is 0 Å². The number of hydrogen-bond acceptors (Lipinski definition) is 7. The number of carbonyl (C=O) groups is 1. The van der Waals surface area contributed by atoms with Gasteiger partial charge >= 0.3 is 0 Å². The average molecular weight is 416 g/mol. The summed E-state index contributed by atoms with van der Waals surface area (Å²) in [4.78, 5) is 21.1. The van der Waals surface area contributed by atoms with Crippen LogP contribution in [0.15, 0.2) is 67.3 Å². The number of rotatable bonds is 7. The maximum absolute atomic E-state index is 12.7. The molecular formula is C22H20N6O3. The third kappa shape index (κ3) is 4.67. The van der Waals surface area contributed by atoms with E-state index in [1.807, 2.05) is 19.1 Å². The van der Waals surface area contributed by atoms with E-state index in [9.17, 15) is 4.79 Å². The van der Waals surface area contributed by atoms with Crippen LogP contribution in [0, 0.1) is 6.92 Å². The molecule has 0 unspecified atom stereocenters. The summed E-state index contributed by atoms with van der Waals surface area (Å²) in [7, 11) is 1.56. The fourth-order valence-electron chi connectivity index (χ4n) is 2.93. The van der Waals surface area contributed by atoms with Crippen LogP contribution < -0.4 is 14.8 Å². The van der Waals surface area contributed by atoms with Gasteiger partial charge in [0.2, 0.25) is 5.88 Å². The first-order valence-electron chi connectivity index (χ1n) is 9.51. The quantitative estimate of drug-likeness (QED) is 0.494. The number of hydrogen-bond donors (Lipinski definition) is 1. The number of carbonyl (C=O) groups excluding carboxylic acids is 1. The van der Waals surface area contributed by atoms with Crippen molar-refractivity contribution in [2.45, 2.75) is 13.5 Å². The van der Waals surface area contributed by atoms with Crippen LogP contribution in [0.2, 0.25) is 0 Å². The number of pyridine rings is 2. The molecule has 9 nitrogen and oxygen atoms in total. The lowest BCUT2D eigenvalue weighted by Gasteiger charge is -2.13. The fraction of sp³-hybridized carbons (Fsp3) is 0.136. The third-order valence-electron chi connectivity index (χ3n) is 4.59. The second-order valence-corrected chi connectivity index (χ2v) is 6.62. The van der Waals surface area contributed by atoms with Crippen molar-refractivity contribution >= 4 is 5.91 Å². The second-order valence-electron chi connectivity index (χ2n) is 6.62.